The molecular weight excluding hydrogens is 432 g/mol. The molecule has 2 heterocycles. The second-order valence-electron chi connectivity index (χ2n) is 5.77. The van der Waals surface area contributed by atoms with Gasteiger partial charge in [-0.05, 0) is 42.5 Å². The summed E-state index contributed by atoms with van der Waals surface area (Å²) in [4.78, 5) is 13.6. The second-order valence-corrected chi connectivity index (χ2v) is 8.66. The summed E-state index contributed by atoms with van der Waals surface area (Å²) in [6.07, 6.45) is 2.66. The summed E-state index contributed by atoms with van der Waals surface area (Å²) in [5, 5.41) is 14.0. The first-order chi connectivity index (χ1) is 12.6. The maximum Gasteiger partial charge on any atom is 0.230 e. The molecule has 0 radical (unpaired) electrons. The van der Waals surface area contributed by atoms with Gasteiger partial charge in [-0.1, -0.05) is 45.9 Å². The molecule has 0 aliphatic heterocycles. The summed E-state index contributed by atoms with van der Waals surface area (Å²) in [5.41, 5.74) is 1.07. The van der Waals surface area contributed by atoms with Crippen LogP contribution in [-0.2, 0) is 17.8 Å². The van der Waals surface area contributed by atoms with Gasteiger partial charge in [-0.15, -0.1) is 21.5 Å². The van der Waals surface area contributed by atoms with Crippen molar-refractivity contribution in [1.82, 2.24) is 20.1 Å². The van der Waals surface area contributed by atoms with Crippen molar-refractivity contribution in [2.45, 2.75) is 31.1 Å². The average molecular weight is 451 g/mol. The number of halogens is 1. The number of hydrogen-bond acceptors (Lipinski definition) is 5. The number of rotatable bonds is 8. The summed E-state index contributed by atoms with van der Waals surface area (Å²) in [6.45, 7) is 2.79. The van der Waals surface area contributed by atoms with Gasteiger partial charge in [0.2, 0.25) is 5.91 Å². The van der Waals surface area contributed by atoms with Crippen LogP contribution >= 0.6 is 39.0 Å². The first kappa shape index (κ1) is 19.1. The lowest BCUT2D eigenvalue weighted by molar-refractivity contribution is -0.119. The Kier molecular flexibility index (Phi) is 6.87. The zero-order valence-electron chi connectivity index (χ0n) is 14.3. The fourth-order valence-electron chi connectivity index (χ4n) is 2.44. The van der Waals surface area contributed by atoms with Crippen LogP contribution in [0.3, 0.4) is 0 Å². The van der Waals surface area contributed by atoms with Crippen LogP contribution in [0.2, 0.25) is 0 Å². The number of benzene rings is 1. The van der Waals surface area contributed by atoms with Gasteiger partial charge in [0.05, 0.1) is 11.8 Å². The Morgan fingerprint density at radius 1 is 1.35 bits per heavy atom. The van der Waals surface area contributed by atoms with Gasteiger partial charge in [-0.3, -0.25) is 4.79 Å². The van der Waals surface area contributed by atoms with Crippen molar-refractivity contribution in [3.05, 3.63) is 63.0 Å². The van der Waals surface area contributed by atoms with Crippen LogP contribution in [0.25, 0.3) is 0 Å². The molecule has 5 nitrogen and oxygen atoms in total. The molecule has 1 atom stereocenters. The molecule has 0 saturated carbocycles. The van der Waals surface area contributed by atoms with Gasteiger partial charge in [0.1, 0.15) is 6.33 Å². The minimum Gasteiger partial charge on any atom is -0.349 e. The van der Waals surface area contributed by atoms with E-state index in [9.17, 15) is 4.79 Å². The van der Waals surface area contributed by atoms with E-state index in [0.29, 0.717) is 5.75 Å². The normalized spacial score (nSPS) is 12.1. The summed E-state index contributed by atoms with van der Waals surface area (Å²) < 4.78 is 3.02. The highest BCUT2D eigenvalue weighted by atomic mass is 79.9. The predicted molar refractivity (Wildman–Crippen MR) is 109 cm³/mol. The number of hydrogen-bond donors (Lipinski definition) is 1. The van der Waals surface area contributed by atoms with Crippen molar-refractivity contribution < 1.29 is 4.79 Å². The number of aryl methyl sites for hydroxylation is 2. The van der Waals surface area contributed by atoms with Crippen molar-refractivity contribution in [2.75, 3.05) is 5.75 Å². The third kappa shape index (κ3) is 5.43. The highest BCUT2D eigenvalue weighted by Gasteiger charge is 2.12. The number of thiophene rings is 1. The minimum atomic E-state index is -0.0344. The molecular formula is C18H19BrN4OS2. The van der Waals surface area contributed by atoms with Crippen molar-refractivity contribution in [2.24, 2.45) is 0 Å². The maximum atomic E-state index is 12.2. The van der Waals surface area contributed by atoms with Crippen LogP contribution in [0.4, 0.5) is 0 Å². The number of carbonyl (C=O) groups is 1. The molecule has 1 N–H and O–H groups in total. The van der Waals surface area contributed by atoms with E-state index >= 15 is 0 Å². The lowest BCUT2D eigenvalue weighted by Crippen LogP contribution is -2.28. The Hall–Kier alpha value is -1.64. The molecule has 0 aliphatic carbocycles. The van der Waals surface area contributed by atoms with Crippen molar-refractivity contribution in [1.29, 1.82) is 0 Å². The van der Waals surface area contributed by atoms with E-state index in [2.05, 4.69) is 49.0 Å². The third-order valence-corrected chi connectivity index (χ3v) is 6.28. The second kappa shape index (κ2) is 9.34. The van der Waals surface area contributed by atoms with Gasteiger partial charge < -0.3 is 9.88 Å². The molecule has 0 fully saturated rings. The summed E-state index contributed by atoms with van der Waals surface area (Å²) in [6, 6.07) is 12.1. The molecule has 3 rings (SSSR count). The molecule has 0 spiro atoms. The van der Waals surface area contributed by atoms with E-state index < -0.39 is 0 Å². The fraction of sp³-hybridized carbons (Fsp3) is 0.278. The topological polar surface area (TPSA) is 59.8 Å². The van der Waals surface area contributed by atoms with Crippen molar-refractivity contribution in [3.63, 3.8) is 0 Å². The van der Waals surface area contributed by atoms with Crippen molar-refractivity contribution >= 4 is 44.9 Å². The standard InChI is InChI=1S/C18H19BrN4OS2/c1-13(14-4-6-15(19)7-5-14)21-17(24)11-26-18-22-20-12-23(18)9-8-16-3-2-10-25-16/h2-7,10,12-13H,8-9,11H2,1H3,(H,21,24). The molecule has 1 unspecified atom stereocenters. The van der Waals surface area contributed by atoms with Crippen LogP contribution in [0.15, 0.2) is 57.7 Å². The van der Waals surface area contributed by atoms with Gasteiger partial charge >= 0.3 is 0 Å². The Bertz CT molecular complexity index is 833. The molecule has 26 heavy (non-hydrogen) atoms. The number of thioether (sulfide) groups is 1. The Morgan fingerprint density at radius 3 is 2.88 bits per heavy atom. The zero-order valence-corrected chi connectivity index (χ0v) is 17.5. The number of aromatic nitrogens is 3. The number of carbonyl (C=O) groups excluding carboxylic acids is 1. The van der Waals surface area contributed by atoms with Gasteiger partial charge in [0, 0.05) is 15.9 Å². The van der Waals surface area contributed by atoms with E-state index in [-0.39, 0.29) is 11.9 Å². The smallest absolute Gasteiger partial charge is 0.230 e. The predicted octanol–water partition coefficient (Wildman–Crippen LogP) is 4.31. The molecule has 0 saturated heterocycles. The largest absolute Gasteiger partial charge is 0.349 e. The van der Waals surface area contributed by atoms with Crippen molar-refractivity contribution in [3.8, 4) is 0 Å². The van der Waals surface area contributed by atoms with Crippen LogP contribution in [0.5, 0.6) is 0 Å². The molecule has 3 aromatic rings. The van der Waals surface area contributed by atoms with Crippen LogP contribution in [0.1, 0.15) is 23.4 Å². The molecule has 8 heteroatoms. The Morgan fingerprint density at radius 2 is 2.15 bits per heavy atom. The molecule has 136 valence electrons. The number of nitrogens with zero attached hydrogens (tertiary/aromatic N) is 3. The molecule has 1 aromatic carbocycles. The molecule has 0 bridgehead atoms. The Balaban J connectivity index is 1.48. The van der Waals surface area contributed by atoms with Crippen LogP contribution in [0, 0.1) is 0 Å². The highest BCUT2D eigenvalue weighted by molar-refractivity contribution is 9.10. The Labute approximate surface area is 169 Å². The van der Waals surface area contributed by atoms with Crippen LogP contribution in [-0.4, -0.2) is 26.4 Å². The lowest BCUT2D eigenvalue weighted by Gasteiger charge is -2.14. The highest BCUT2D eigenvalue weighted by Crippen LogP contribution is 2.19. The monoisotopic (exact) mass is 450 g/mol. The van der Waals surface area contributed by atoms with Gasteiger partial charge in [-0.25, -0.2) is 0 Å². The third-order valence-electron chi connectivity index (χ3n) is 3.84. The minimum absolute atomic E-state index is 0.0155. The SMILES string of the molecule is CC(NC(=O)CSc1nncn1CCc1cccs1)c1ccc(Br)cc1. The van der Waals surface area contributed by atoms with E-state index in [1.54, 1.807) is 17.7 Å². The maximum absolute atomic E-state index is 12.2. The first-order valence-corrected chi connectivity index (χ1v) is 10.9. The van der Waals surface area contributed by atoms with Gasteiger partial charge in [-0.2, -0.15) is 0 Å². The lowest BCUT2D eigenvalue weighted by atomic mass is 10.1. The average Bonchev–Trinajstić information content (AvgIpc) is 3.30. The van der Waals surface area contributed by atoms with E-state index in [1.165, 1.54) is 16.6 Å². The summed E-state index contributed by atoms with van der Waals surface area (Å²) in [7, 11) is 0. The number of amides is 1. The molecule has 2 aromatic heterocycles. The summed E-state index contributed by atoms with van der Waals surface area (Å²) >= 11 is 6.58. The van der Waals surface area contributed by atoms with Gasteiger partial charge in [0.15, 0.2) is 5.16 Å². The zero-order chi connectivity index (χ0) is 18.4. The van der Waals surface area contributed by atoms with Crippen LogP contribution < -0.4 is 5.32 Å². The fourth-order valence-corrected chi connectivity index (χ4v) is 4.16. The molecule has 0 aliphatic rings. The van der Waals surface area contributed by atoms with E-state index in [1.807, 2.05) is 35.8 Å². The molecule has 1 amide bonds. The number of nitrogens with one attached hydrogen (secondary N) is 1. The summed E-state index contributed by atoms with van der Waals surface area (Å²) in [5.74, 6) is 0.302. The van der Waals surface area contributed by atoms with E-state index in [0.717, 1.165) is 28.2 Å². The van der Waals surface area contributed by atoms with Gasteiger partial charge in [0.25, 0.3) is 0 Å². The first-order valence-electron chi connectivity index (χ1n) is 8.19. The van der Waals surface area contributed by atoms with E-state index in [4.69, 9.17) is 0 Å². The quantitative estimate of drug-likeness (QED) is 0.519.